The van der Waals surface area contributed by atoms with Gasteiger partial charge in [0.2, 0.25) is 0 Å². The van der Waals surface area contributed by atoms with Crippen LogP contribution in [0.4, 0.5) is 0 Å². The normalized spacial score (nSPS) is 28.4. The van der Waals surface area contributed by atoms with E-state index in [-0.39, 0.29) is 11.7 Å². The number of unbranched alkanes of at least 4 members (excludes halogenated alkanes) is 3. The zero-order chi connectivity index (χ0) is 13.6. The highest BCUT2D eigenvalue weighted by atomic mass is 32.2. The van der Waals surface area contributed by atoms with Crippen LogP contribution in [0.15, 0.2) is 0 Å². The quantitative estimate of drug-likeness (QED) is 0.748. The average Bonchev–Trinajstić information content (AvgIpc) is 2.44. The van der Waals surface area contributed by atoms with Crippen LogP contribution in [0.3, 0.4) is 0 Å². The fourth-order valence-electron chi connectivity index (χ4n) is 3.50. The second kappa shape index (κ2) is 7.90. The minimum atomic E-state index is -0.0905. The number of rotatable bonds is 6. The van der Waals surface area contributed by atoms with Gasteiger partial charge in [-0.15, -0.1) is 0 Å². The monoisotopic (exact) mass is 286 g/mol. The van der Waals surface area contributed by atoms with Gasteiger partial charge in [0, 0.05) is 6.61 Å². The van der Waals surface area contributed by atoms with E-state index in [1.807, 2.05) is 11.8 Å². The van der Waals surface area contributed by atoms with E-state index >= 15 is 0 Å². The fourth-order valence-corrected chi connectivity index (χ4v) is 4.74. The summed E-state index contributed by atoms with van der Waals surface area (Å²) in [6.07, 6.45) is 10.5. The highest BCUT2D eigenvalue weighted by Crippen LogP contribution is 2.41. The van der Waals surface area contributed by atoms with Gasteiger partial charge in [0.1, 0.15) is 0 Å². The van der Waals surface area contributed by atoms with E-state index in [9.17, 15) is 5.11 Å². The first-order chi connectivity index (χ1) is 9.26. The van der Waals surface area contributed by atoms with E-state index in [1.165, 1.54) is 50.0 Å². The maximum absolute atomic E-state index is 10.4. The summed E-state index contributed by atoms with van der Waals surface area (Å²) in [4.78, 5) is 0. The molecule has 0 bridgehead atoms. The fraction of sp³-hybridized carbons (Fsp3) is 1.00. The molecule has 1 spiro atoms. The molecule has 0 amide bonds. The lowest BCUT2D eigenvalue weighted by Gasteiger charge is -2.44. The lowest BCUT2D eigenvalue weighted by molar-refractivity contribution is -0.121. The molecule has 0 aromatic heterocycles. The molecule has 0 radical (unpaired) electrons. The number of aliphatic hydroxyl groups is 1. The predicted molar refractivity (Wildman–Crippen MR) is 82.7 cm³/mol. The van der Waals surface area contributed by atoms with Crippen molar-refractivity contribution < 1.29 is 9.84 Å². The standard InChI is InChI=1S/C16H30O2S/c1-2-3-4-5-6-15(17)14-7-10-18-16(13-14)8-11-19-12-9-16/h14-15,17H,2-13H2,1H3. The topological polar surface area (TPSA) is 29.5 Å². The van der Waals surface area contributed by atoms with Gasteiger partial charge in [-0.05, 0) is 49.5 Å². The largest absolute Gasteiger partial charge is 0.393 e. The third kappa shape index (κ3) is 4.64. The molecule has 2 nitrogen and oxygen atoms in total. The highest BCUT2D eigenvalue weighted by molar-refractivity contribution is 7.99. The third-order valence-corrected chi connectivity index (χ3v) is 5.82. The van der Waals surface area contributed by atoms with Gasteiger partial charge >= 0.3 is 0 Å². The molecule has 2 fully saturated rings. The Morgan fingerprint density at radius 3 is 2.79 bits per heavy atom. The van der Waals surface area contributed by atoms with Gasteiger partial charge in [-0.3, -0.25) is 0 Å². The van der Waals surface area contributed by atoms with Crippen LogP contribution in [0.2, 0.25) is 0 Å². The molecule has 0 aromatic carbocycles. The van der Waals surface area contributed by atoms with Crippen LogP contribution in [0.25, 0.3) is 0 Å². The summed E-state index contributed by atoms with van der Waals surface area (Å²) in [6, 6.07) is 0. The predicted octanol–water partition coefficient (Wildman–Crippen LogP) is 4.01. The second-order valence-electron chi connectivity index (χ2n) is 6.31. The number of hydrogen-bond acceptors (Lipinski definition) is 3. The number of thioether (sulfide) groups is 1. The minimum Gasteiger partial charge on any atom is -0.393 e. The zero-order valence-corrected chi connectivity index (χ0v) is 13.2. The molecular weight excluding hydrogens is 256 g/mol. The van der Waals surface area contributed by atoms with Crippen molar-refractivity contribution in [3.8, 4) is 0 Å². The van der Waals surface area contributed by atoms with Crippen molar-refractivity contribution in [3.63, 3.8) is 0 Å². The van der Waals surface area contributed by atoms with Crippen LogP contribution < -0.4 is 0 Å². The van der Waals surface area contributed by atoms with Crippen LogP contribution >= 0.6 is 11.8 Å². The van der Waals surface area contributed by atoms with Crippen molar-refractivity contribution >= 4 is 11.8 Å². The molecule has 0 saturated carbocycles. The number of ether oxygens (including phenoxy) is 1. The van der Waals surface area contributed by atoms with E-state index in [0.29, 0.717) is 5.92 Å². The van der Waals surface area contributed by atoms with Crippen molar-refractivity contribution in [2.24, 2.45) is 5.92 Å². The molecule has 112 valence electrons. The molecular formula is C16H30O2S. The van der Waals surface area contributed by atoms with E-state index in [0.717, 1.165) is 25.9 Å². The van der Waals surface area contributed by atoms with Crippen molar-refractivity contribution in [1.29, 1.82) is 0 Å². The maximum atomic E-state index is 10.4. The smallest absolute Gasteiger partial charge is 0.0701 e. The van der Waals surface area contributed by atoms with Crippen molar-refractivity contribution in [3.05, 3.63) is 0 Å². The molecule has 2 atom stereocenters. The van der Waals surface area contributed by atoms with Crippen molar-refractivity contribution in [2.45, 2.75) is 76.4 Å². The van der Waals surface area contributed by atoms with Crippen LogP contribution in [0.5, 0.6) is 0 Å². The number of hydrogen-bond donors (Lipinski definition) is 1. The van der Waals surface area contributed by atoms with E-state index in [4.69, 9.17) is 4.74 Å². The second-order valence-corrected chi connectivity index (χ2v) is 7.54. The summed E-state index contributed by atoms with van der Waals surface area (Å²) in [5.41, 5.74) is 0.124. The van der Waals surface area contributed by atoms with Crippen LogP contribution in [-0.2, 0) is 4.74 Å². The third-order valence-electron chi connectivity index (χ3n) is 4.83. The van der Waals surface area contributed by atoms with Crippen molar-refractivity contribution in [2.75, 3.05) is 18.1 Å². The molecule has 2 saturated heterocycles. The van der Waals surface area contributed by atoms with E-state index in [1.54, 1.807) is 0 Å². The van der Waals surface area contributed by atoms with Crippen LogP contribution in [0, 0.1) is 5.92 Å². The molecule has 0 aromatic rings. The average molecular weight is 286 g/mol. The molecule has 19 heavy (non-hydrogen) atoms. The molecule has 2 heterocycles. The van der Waals surface area contributed by atoms with Gasteiger partial charge in [0.25, 0.3) is 0 Å². The molecule has 1 N–H and O–H groups in total. The Bertz CT molecular complexity index is 246. The van der Waals surface area contributed by atoms with E-state index < -0.39 is 0 Å². The highest BCUT2D eigenvalue weighted by Gasteiger charge is 2.40. The van der Waals surface area contributed by atoms with Gasteiger partial charge in [-0.1, -0.05) is 32.6 Å². The maximum Gasteiger partial charge on any atom is 0.0701 e. The van der Waals surface area contributed by atoms with Crippen LogP contribution in [-0.4, -0.2) is 34.9 Å². The summed E-state index contributed by atoms with van der Waals surface area (Å²) in [5, 5.41) is 10.4. The van der Waals surface area contributed by atoms with Gasteiger partial charge in [-0.25, -0.2) is 0 Å². The Balaban J connectivity index is 1.76. The molecule has 0 aliphatic carbocycles. The molecule has 2 aliphatic rings. The zero-order valence-electron chi connectivity index (χ0n) is 12.4. The molecule has 2 rings (SSSR count). The first-order valence-corrected chi connectivity index (χ1v) is 9.31. The molecule has 3 heteroatoms. The van der Waals surface area contributed by atoms with Crippen LogP contribution in [0.1, 0.15) is 64.7 Å². The summed E-state index contributed by atoms with van der Waals surface area (Å²) >= 11 is 2.05. The molecule has 2 unspecified atom stereocenters. The number of aliphatic hydroxyl groups excluding tert-OH is 1. The SMILES string of the molecule is CCCCCCC(O)C1CCOC2(CCSCC2)C1. The summed E-state index contributed by atoms with van der Waals surface area (Å²) in [7, 11) is 0. The Hall–Kier alpha value is 0.270. The Morgan fingerprint density at radius 2 is 2.05 bits per heavy atom. The Labute approximate surface area is 122 Å². The summed E-state index contributed by atoms with van der Waals surface area (Å²) < 4.78 is 6.11. The first kappa shape index (κ1) is 15.7. The Morgan fingerprint density at radius 1 is 1.26 bits per heavy atom. The van der Waals surface area contributed by atoms with Gasteiger partial charge < -0.3 is 9.84 Å². The van der Waals surface area contributed by atoms with Gasteiger partial charge in [0.05, 0.1) is 11.7 Å². The summed E-state index contributed by atoms with van der Waals surface area (Å²) in [6.45, 7) is 3.10. The lowest BCUT2D eigenvalue weighted by Crippen LogP contribution is -2.45. The molecule has 2 aliphatic heterocycles. The van der Waals surface area contributed by atoms with Crippen molar-refractivity contribution in [1.82, 2.24) is 0 Å². The first-order valence-electron chi connectivity index (χ1n) is 8.15. The van der Waals surface area contributed by atoms with Gasteiger partial charge in [0.15, 0.2) is 0 Å². The Kier molecular flexibility index (Phi) is 6.51. The van der Waals surface area contributed by atoms with E-state index in [2.05, 4.69) is 6.92 Å². The summed E-state index contributed by atoms with van der Waals surface area (Å²) in [5.74, 6) is 2.96. The van der Waals surface area contributed by atoms with Gasteiger partial charge in [-0.2, -0.15) is 11.8 Å². The minimum absolute atomic E-state index is 0.0905. The lowest BCUT2D eigenvalue weighted by atomic mass is 9.78.